The van der Waals surface area contributed by atoms with Crippen LogP contribution in [0.3, 0.4) is 0 Å². The maximum Gasteiger partial charge on any atom is 0.335 e. The van der Waals surface area contributed by atoms with Gasteiger partial charge in [0.15, 0.2) is 0 Å². The molecule has 4 nitrogen and oxygen atoms in total. The number of aromatic carboxylic acids is 1. The molecule has 0 aromatic heterocycles. The van der Waals surface area contributed by atoms with Crippen molar-refractivity contribution < 1.29 is 19.4 Å². The fourth-order valence-electron chi connectivity index (χ4n) is 1.30. The molecule has 0 bridgehead atoms. The van der Waals surface area contributed by atoms with Crippen LogP contribution >= 0.6 is 0 Å². The zero-order chi connectivity index (χ0) is 12.0. The highest BCUT2D eigenvalue weighted by Gasteiger charge is 2.06. The zero-order valence-corrected chi connectivity index (χ0v) is 9.53. The molecule has 1 aromatic rings. The predicted octanol–water partition coefficient (Wildman–Crippen LogP) is 2.11. The fourth-order valence-corrected chi connectivity index (χ4v) is 1.30. The van der Waals surface area contributed by atoms with Crippen LogP contribution < -0.4 is 4.74 Å². The molecule has 1 N–H and O–H groups in total. The Morgan fingerprint density at radius 2 is 2.12 bits per heavy atom. The lowest BCUT2D eigenvalue weighted by Crippen LogP contribution is -2.07. The third-order valence-electron chi connectivity index (χ3n) is 2.11. The Kier molecular flexibility index (Phi) is 4.79. The molecule has 0 saturated carbocycles. The molecule has 0 saturated heterocycles. The van der Waals surface area contributed by atoms with Crippen molar-refractivity contribution in [3.8, 4) is 5.75 Å². The summed E-state index contributed by atoms with van der Waals surface area (Å²) in [6.45, 7) is 5.42. The summed E-state index contributed by atoms with van der Waals surface area (Å²) >= 11 is 0. The maximum absolute atomic E-state index is 10.7. The van der Waals surface area contributed by atoms with Gasteiger partial charge in [-0.2, -0.15) is 0 Å². The number of hydrogen-bond acceptors (Lipinski definition) is 3. The van der Waals surface area contributed by atoms with Crippen LogP contribution in [0.15, 0.2) is 18.2 Å². The van der Waals surface area contributed by atoms with Gasteiger partial charge in [-0.05, 0) is 37.6 Å². The minimum Gasteiger partial charge on any atom is -0.491 e. The van der Waals surface area contributed by atoms with Crippen LogP contribution in [0.5, 0.6) is 5.75 Å². The van der Waals surface area contributed by atoms with Gasteiger partial charge in [0, 0.05) is 6.61 Å². The molecule has 0 fully saturated rings. The molecule has 0 aliphatic heterocycles. The molecular formula is C12H16O4. The number of carboxylic acids is 1. The van der Waals surface area contributed by atoms with E-state index < -0.39 is 5.97 Å². The molecule has 4 heteroatoms. The highest BCUT2D eigenvalue weighted by atomic mass is 16.5. The number of carboxylic acid groups (broad SMARTS) is 1. The third-order valence-corrected chi connectivity index (χ3v) is 2.11. The van der Waals surface area contributed by atoms with Gasteiger partial charge in [-0.3, -0.25) is 0 Å². The standard InChI is InChI=1S/C12H16O4/c1-3-15-6-7-16-11-5-4-10(12(13)14)8-9(11)2/h4-5,8H,3,6-7H2,1-2H3,(H,13,14). The van der Waals surface area contributed by atoms with E-state index in [1.165, 1.54) is 6.07 Å². The Morgan fingerprint density at radius 3 is 2.69 bits per heavy atom. The van der Waals surface area contributed by atoms with E-state index in [2.05, 4.69) is 0 Å². The van der Waals surface area contributed by atoms with Crippen LogP contribution in [0.1, 0.15) is 22.8 Å². The second-order valence-electron chi connectivity index (χ2n) is 3.33. The van der Waals surface area contributed by atoms with Crippen LogP contribution in [0.25, 0.3) is 0 Å². The van der Waals surface area contributed by atoms with Gasteiger partial charge in [-0.15, -0.1) is 0 Å². The molecule has 0 amide bonds. The van der Waals surface area contributed by atoms with Crippen molar-refractivity contribution in [2.24, 2.45) is 0 Å². The normalized spacial score (nSPS) is 10.1. The average molecular weight is 224 g/mol. The Bertz CT molecular complexity index is 360. The molecule has 0 aliphatic rings. The van der Waals surface area contributed by atoms with E-state index in [4.69, 9.17) is 14.6 Å². The summed E-state index contributed by atoms with van der Waals surface area (Å²) in [5, 5.41) is 8.79. The van der Waals surface area contributed by atoms with Gasteiger partial charge in [0.05, 0.1) is 12.2 Å². The summed E-state index contributed by atoms with van der Waals surface area (Å²) in [4.78, 5) is 10.7. The van der Waals surface area contributed by atoms with Crippen molar-refractivity contribution in [3.63, 3.8) is 0 Å². The van der Waals surface area contributed by atoms with Gasteiger partial charge >= 0.3 is 5.97 Å². The van der Waals surface area contributed by atoms with Crippen LogP contribution in [0.2, 0.25) is 0 Å². The topological polar surface area (TPSA) is 55.8 Å². The molecule has 0 unspecified atom stereocenters. The van der Waals surface area contributed by atoms with Crippen LogP contribution in [-0.4, -0.2) is 30.9 Å². The summed E-state index contributed by atoms with van der Waals surface area (Å²) < 4.78 is 10.6. The van der Waals surface area contributed by atoms with Gasteiger partial charge in [-0.25, -0.2) is 4.79 Å². The lowest BCUT2D eigenvalue weighted by atomic mass is 10.1. The molecule has 1 rings (SSSR count). The second kappa shape index (κ2) is 6.12. The van der Waals surface area contributed by atoms with E-state index in [1.807, 2.05) is 13.8 Å². The maximum atomic E-state index is 10.7. The highest BCUT2D eigenvalue weighted by molar-refractivity contribution is 5.88. The minimum absolute atomic E-state index is 0.273. The van der Waals surface area contributed by atoms with Crippen molar-refractivity contribution in [1.82, 2.24) is 0 Å². The van der Waals surface area contributed by atoms with E-state index in [0.717, 1.165) is 5.56 Å². The monoisotopic (exact) mass is 224 g/mol. The van der Waals surface area contributed by atoms with Crippen molar-refractivity contribution in [3.05, 3.63) is 29.3 Å². The van der Waals surface area contributed by atoms with Gasteiger partial charge in [0.2, 0.25) is 0 Å². The van der Waals surface area contributed by atoms with E-state index in [1.54, 1.807) is 12.1 Å². The molecule has 0 aliphatic carbocycles. The first kappa shape index (κ1) is 12.5. The second-order valence-corrected chi connectivity index (χ2v) is 3.33. The molecule has 1 aromatic carbocycles. The van der Waals surface area contributed by atoms with Gasteiger partial charge in [0.1, 0.15) is 12.4 Å². The van der Waals surface area contributed by atoms with E-state index in [0.29, 0.717) is 25.6 Å². The summed E-state index contributed by atoms with van der Waals surface area (Å²) in [5.41, 5.74) is 1.09. The number of carbonyl (C=O) groups is 1. The first-order valence-corrected chi connectivity index (χ1v) is 5.19. The Morgan fingerprint density at radius 1 is 1.38 bits per heavy atom. The van der Waals surface area contributed by atoms with Crippen LogP contribution in [0, 0.1) is 6.92 Å². The van der Waals surface area contributed by atoms with E-state index in [-0.39, 0.29) is 5.56 Å². The first-order valence-electron chi connectivity index (χ1n) is 5.19. The van der Waals surface area contributed by atoms with Crippen molar-refractivity contribution >= 4 is 5.97 Å². The summed E-state index contributed by atoms with van der Waals surface area (Å²) in [6, 6.07) is 4.80. The number of hydrogen-bond donors (Lipinski definition) is 1. The minimum atomic E-state index is -0.927. The largest absolute Gasteiger partial charge is 0.491 e. The van der Waals surface area contributed by atoms with Crippen molar-refractivity contribution in [2.75, 3.05) is 19.8 Å². The molecule has 0 radical (unpaired) electrons. The summed E-state index contributed by atoms with van der Waals surface area (Å²) in [6.07, 6.45) is 0. The number of ether oxygens (including phenoxy) is 2. The van der Waals surface area contributed by atoms with Crippen LogP contribution in [-0.2, 0) is 4.74 Å². The smallest absolute Gasteiger partial charge is 0.335 e. The Hall–Kier alpha value is -1.55. The SMILES string of the molecule is CCOCCOc1ccc(C(=O)O)cc1C. The molecular weight excluding hydrogens is 208 g/mol. The van der Waals surface area contributed by atoms with Gasteiger partial charge in [0.25, 0.3) is 0 Å². The number of aryl methyl sites for hydroxylation is 1. The molecule has 88 valence electrons. The van der Waals surface area contributed by atoms with Crippen molar-refractivity contribution in [2.45, 2.75) is 13.8 Å². The Balaban J connectivity index is 2.57. The number of benzene rings is 1. The molecule has 16 heavy (non-hydrogen) atoms. The highest BCUT2D eigenvalue weighted by Crippen LogP contribution is 2.18. The average Bonchev–Trinajstić information content (AvgIpc) is 2.26. The van der Waals surface area contributed by atoms with Crippen LogP contribution in [0.4, 0.5) is 0 Å². The molecule has 0 spiro atoms. The fraction of sp³-hybridized carbons (Fsp3) is 0.417. The predicted molar refractivity (Wildman–Crippen MR) is 60.1 cm³/mol. The molecule has 0 atom stereocenters. The van der Waals surface area contributed by atoms with Gasteiger partial charge in [-0.1, -0.05) is 0 Å². The zero-order valence-electron chi connectivity index (χ0n) is 9.53. The third kappa shape index (κ3) is 3.55. The lowest BCUT2D eigenvalue weighted by Gasteiger charge is -2.09. The van der Waals surface area contributed by atoms with Crippen molar-refractivity contribution in [1.29, 1.82) is 0 Å². The first-order chi connectivity index (χ1) is 7.65. The van der Waals surface area contributed by atoms with E-state index in [9.17, 15) is 4.79 Å². The number of rotatable bonds is 6. The quantitative estimate of drug-likeness (QED) is 0.752. The van der Waals surface area contributed by atoms with Gasteiger partial charge < -0.3 is 14.6 Å². The molecule has 0 heterocycles. The van der Waals surface area contributed by atoms with E-state index >= 15 is 0 Å². The lowest BCUT2D eigenvalue weighted by molar-refractivity contribution is 0.0696. The summed E-state index contributed by atoms with van der Waals surface area (Å²) in [7, 11) is 0. The Labute approximate surface area is 94.8 Å². The summed E-state index contributed by atoms with van der Waals surface area (Å²) in [5.74, 6) is -0.228.